The molecule has 1 aromatic carbocycles. The summed E-state index contributed by atoms with van der Waals surface area (Å²) in [6.45, 7) is -0.0668. The van der Waals surface area contributed by atoms with Crippen molar-refractivity contribution in [3.63, 3.8) is 0 Å². The van der Waals surface area contributed by atoms with Gasteiger partial charge in [-0.25, -0.2) is 8.78 Å². The minimum atomic E-state index is -2.26. The van der Waals surface area contributed by atoms with Gasteiger partial charge in [-0.05, 0) is 29.9 Å². The summed E-state index contributed by atoms with van der Waals surface area (Å²) in [6, 6.07) is 7.42. The highest BCUT2D eigenvalue weighted by atomic mass is 19.3. The van der Waals surface area contributed by atoms with Crippen LogP contribution < -0.4 is 0 Å². The van der Waals surface area contributed by atoms with E-state index in [4.69, 9.17) is 0 Å². The minimum absolute atomic E-state index is 0.0668. The molecule has 1 nitrogen and oxygen atoms in total. The van der Waals surface area contributed by atoms with Gasteiger partial charge in [0.2, 0.25) is 6.43 Å². The second kappa shape index (κ2) is 5.58. The third-order valence-corrected chi connectivity index (χ3v) is 3.77. The van der Waals surface area contributed by atoms with Crippen molar-refractivity contribution in [1.29, 1.82) is 0 Å². The van der Waals surface area contributed by atoms with Gasteiger partial charge in [-0.15, -0.1) is 0 Å². The molecular formula is C14H18F2O. The smallest absolute Gasteiger partial charge is 0.242 e. The van der Waals surface area contributed by atoms with Gasteiger partial charge in [-0.3, -0.25) is 0 Å². The van der Waals surface area contributed by atoms with Crippen LogP contribution in [0.15, 0.2) is 24.3 Å². The maximum Gasteiger partial charge on any atom is 0.242 e. The Bertz CT molecular complexity index is 365. The van der Waals surface area contributed by atoms with Crippen LogP contribution in [0.3, 0.4) is 0 Å². The summed E-state index contributed by atoms with van der Waals surface area (Å²) < 4.78 is 26.1. The van der Waals surface area contributed by atoms with E-state index < -0.39 is 12.3 Å². The van der Waals surface area contributed by atoms with Gasteiger partial charge >= 0.3 is 0 Å². The summed E-state index contributed by atoms with van der Waals surface area (Å²) in [5, 5.41) is 9.29. The molecule has 0 saturated heterocycles. The third-order valence-electron chi connectivity index (χ3n) is 3.77. The molecule has 2 unspecified atom stereocenters. The second-order valence-electron chi connectivity index (χ2n) is 4.75. The Labute approximate surface area is 100 Å². The first kappa shape index (κ1) is 12.5. The highest BCUT2D eigenvalue weighted by molar-refractivity contribution is 5.31. The standard InChI is InChI=1S/C14H18F2O/c15-14(16)13-8-4-3-7-12(13)11-6-2-1-5-10(11)9-17/h1-2,5-6,12-14,17H,3-4,7-9H2. The fourth-order valence-corrected chi connectivity index (χ4v) is 2.89. The van der Waals surface area contributed by atoms with Gasteiger partial charge in [-0.2, -0.15) is 0 Å². The molecule has 1 saturated carbocycles. The van der Waals surface area contributed by atoms with Gasteiger partial charge in [-0.1, -0.05) is 37.1 Å². The number of aliphatic hydroxyl groups excluding tert-OH is 1. The van der Waals surface area contributed by atoms with Crippen LogP contribution in [0.4, 0.5) is 8.78 Å². The number of halogens is 2. The van der Waals surface area contributed by atoms with Crippen LogP contribution in [0.2, 0.25) is 0 Å². The van der Waals surface area contributed by atoms with Crippen LogP contribution in [-0.4, -0.2) is 11.5 Å². The molecule has 17 heavy (non-hydrogen) atoms. The predicted octanol–water partition coefficient (Wildman–Crippen LogP) is 3.72. The summed E-state index contributed by atoms with van der Waals surface area (Å²) >= 11 is 0. The lowest BCUT2D eigenvalue weighted by Gasteiger charge is -2.32. The number of alkyl halides is 2. The summed E-state index contributed by atoms with van der Waals surface area (Å²) in [5.74, 6) is -0.636. The fraction of sp³-hybridized carbons (Fsp3) is 0.571. The second-order valence-corrected chi connectivity index (χ2v) is 4.75. The molecule has 1 aliphatic rings. The molecule has 0 aliphatic heterocycles. The van der Waals surface area contributed by atoms with Gasteiger partial charge in [0.25, 0.3) is 0 Å². The average Bonchev–Trinajstić information content (AvgIpc) is 2.38. The Morgan fingerprint density at radius 1 is 1.18 bits per heavy atom. The van der Waals surface area contributed by atoms with Crippen molar-refractivity contribution >= 4 is 0 Å². The van der Waals surface area contributed by atoms with Crippen molar-refractivity contribution in [3.8, 4) is 0 Å². The van der Waals surface area contributed by atoms with Crippen LogP contribution >= 0.6 is 0 Å². The van der Waals surface area contributed by atoms with E-state index in [0.717, 1.165) is 30.4 Å². The molecule has 1 fully saturated rings. The van der Waals surface area contributed by atoms with Crippen molar-refractivity contribution < 1.29 is 13.9 Å². The summed E-state index contributed by atoms with van der Waals surface area (Å²) in [5.41, 5.74) is 1.71. The molecule has 1 aliphatic carbocycles. The lowest BCUT2D eigenvalue weighted by molar-refractivity contribution is 0.0426. The molecule has 0 bridgehead atoms. The monoisotopic (exact) mass is 240 g/mol. The Morgan fingerprint density at radius 2 is 1.88 bits per heavy atom. The summed E-state index contributed by atoms with van der Waals surface area (Å²) in [6.07, 6.45) is 1.06. The quantitative estimate of drug-likeness (QED) is 0.853. The normalized spacial score (nSPS) is 25.2. The molecule has 0 amide bonds. The van der Waals surface area contributed by atoms with Crippen molar-refractivity contribution in [2.45, 2.75) is 44.6 Å². The molecule has 2 atom stereocenters. The zero-order valence-electron chi connectivity index (χ0n) is 9.78. The van der Waals surface area contributed by atoms with Gasteiger partial charge in [0.05, 0.1) is 6.61 Å². The van der Waals surface area contributed by atoms with Crippen LogP contribution in [-0.2, 0) is 6.61 Å². The Kier molecular flexibility index (Phi) is 4.11. The predicted molar refractivity (Wildman–Crippen MR) is 63.1 cm³/mol. The SMILES string of the molecule is OCc1ccccc1C1CCCCC1C(F)F. The van der Waals surface area contributed by atoms with Crippen LogP contribution in [0.1, 0.15) is 42.7 Å². The van der Waals surface area contributed by atoms with Crippen molar-refractivity contribution in [1.82, 2.24) is 0 Å². The molecule has 0 aromatic heterocycles. The Hall–Kier alpha value is -0.960. The number of rotatable bonds is 3. The van der Waals surface area contributed by atoms with E-state index in [0.29, 0.717) is 6.42 Å². The van der Waals surface area contributed by atoms with E-state index in [9.17, 15) is 13.9 Å². The zero-order chi connectivity index (χ0) is 12.3. The maximum atomic E-state index is 13.0. The molecular weight excluding hydrogens is 222 g/mol. The lowest BCUT2D eigenvalue weighted by atomic mass is 9.74. The van der Waals surface area contributed by atoms with Gasteiger partial charge in [0.15, 0.2) is 0 Å². The van der Waals surface area contributed by atoms with Crippen LogP contribution in [0, 0.1) is 5.92 Å². The Morgan fingerprint density at radius 3 is 2.59 bits per heavy atom. The van der Waals surface area contributed by atoms with E-state index in [1.165, 1.54) is 0 Å². The van der Waals surface area contributed by atoms with E-state index in [1.54, 1.807) is 0 Å². The largest absolute Gasteiger partial charge is 0.392 e. The number of hydrogen-bond donors (Lipinski definition) is 1. The Balaban J connectivity index is 2.29. The topological polar surface area (TPSA) is 20.2 Å². The van der Waals surface area contributed by atoms with E-state index in [1.807, 2.05) is 24.3 Å². The number of benzene rings is 1. The molecule has 0 heterocycles. The average molecular weight is 240 g/mol. The van der Waals surface area contributed by atoms with Gasteiger partial charge in [0.1, 0.15) is 0 Å². The van der Waals surface area contributed by atoms with Crippen molar-refractivity contribution in [2.75, 3.05) is 0 Å². The highest BCUT2D eigenvalue weighted by Crippen LogP contribution is 2.42. The minimum Gasteiger partial charge on any atom is -0.392 e. The maximum absolute atomic E-state index is 13.0. The highest BCUT2D eigenvalue weighted by Gasteiger charge is 2.33. The number of hydrogen-bond acceptors (Lipinski definition) is 1. The number of aliphatic hydroxyl groups is 1. The van der Waals surface area contributed by atoms with E-state index in [-0.39, 0.29) is 12.5 Å². The van der Waals surface area contributed by atoms with Crippen LogP contribution in [0.25, 0.3) is 0 Å². The molecule has 2 rings (SSSR count). The molecule has 0 radical (unpaired) electrons. The van der Waals surface area contributed by atoms with E-state index in [2.05, 4.69) is 0 Å². The molecule has 94 valence electrons. The first-order valence-corrected chi connectivity index (χ1v) is 6.21. The third kappa shape index (κ3) is 2.65. The lowest BCUT2D eigenvalue weighted by Crippen LogP contribution is -2.25. The summed E-state index contributed by atoms with van der Waals surface area (Å²) in [7, 11) is 0. The first-order chi connectivity index (χ1) is 8.24. The fourth-order valence-electron chi connectivity index (χ4n) is 2.89. The zero-order valence-corrected chi connectivity index (χ0v) is 9.78. The van der Waals surface area contributed by atoms with Crippen molar-refractivity contribution in [2.24, 2.45) is 5.92 Å². The first-order valence-electron chi connectivity index (χ1n) is 6.21. The van der Waals surface area contributed by atoms with E-state index >= 15 is 0 Å². The molecule has 3 heteroatoms. The van der Waals surface area contributed by atoms with Gasteiger partial charge < -0.3 is 5.11 Å². The van der Waals surface area contributed by atoms with Crippen molar-refractivity contribution in [3.05, 3.63) is 35.4 Å². The molecule has 1 aromatic rings. The van der Waals surface area contributed by atoms with Gasteiger partial charge in [0, 0.05) is 5.92 Å². The van der Waals surface area contributed by atoms with Crippen LogP contribution in [0.5, 0.6) is 0 Å². The molecule has 0 spiro atoms. The summed E-state index contributed by atoms with van der Waals surface area (Å²) in [4.78, 5) is 0. The molecule has 1 N–H and O–H groups in total.